The minimum absolute atomic E-state index is 0.0793. The van der Waals surface area contributed by atoms with Gasteiger partial charge in [0.05, 0.1) is 6.54 Å². The third-order valence-electron chi connectivity index (χ3n) is 4.18. The molecular weight excluding hydrogens is 326 g/mol. The summed E-state index contributed by atoms with van der Waals surface area (Å²) in [6, 6.07) is 3.18. The molecular formula is C18H22F2N4O. The number of hydrogen-bond donors (Lipinski definition) is 1. The van der Waals surface area contributed by atoms with Crippen LogP contribution >= 0.6 is 0 Å². The van der Waals surface area contributed by atoms with Gasteiger partial charge in [0.1, 0.15) is 23.2 Å². The molecule has 1 amide bonds. The minimum atomic E-state index is -0.546. The van der Waals surface area contributed by atoms with Crippen LogP contribution in [0.1, 0.15) is 35.7 Å². The van der Waals surface area contributed by atoms with Crippen molar-refractivity contribution in [2.75, 3.05) is 13.1 Å². The van der Waals surface area contributed by atoms with Gasteiger partial charge in [0.25, 0.3) is 5.91 Å². The van der Waals surface area contributed by atoms with Crippen molar-refractivity contribution in [2.45, 2.75) is 33.5 Å². The van der Waals surface area contributed by atoms with E-state index in [9.17, 15) is 13.6 Å². The maximum atomic E-state index is 13.6. The minimum Gasteiger partial charge on any atom is -0.346 e. The molecule has 7 heteroatoms. The van der Waals surface area contributed by atoms with Gasteiger partial charge in [0.2, 0.25) is 0 Å². The molecule has 0 bridgehead atoms. The van der Waals surface area contributed by atoms with Crippen LogP contribution in [0.25, 0.3) is 0 Å². The highest BCUT2D eigenvalue weighted by Gasteiger charge is 2.21. The summed E-state index contributed by atoms with van der Waals surface area (Å²) >= 11 is 0. The first-order valence-electron chi connectivity index (χ1n) is 8.43. The fourth-order valence-corrected chi connectivity index (χ4v) is 3.03. The number of nitrogens with zero attached hydrogens (tertiary/aromatic N) is 3. The lowest BCUT2D eigenvalue weighted by atomic mass is 10.2. The van der Waals surface area contributed by atoms with Crippen molar-refractivity contribution >= 4 is 5.91 Å². The van der Waals surface area contributed by atoms with E-state index in [1.54, 1.807) is 6.20 Å². The normalized spacial score (nSPS) is 14.6. The summed E-state index contributed by atoms with van der Waals surface area (Å²) < 4.78 is 28.8. The molecule has 1 N–H and O–H groups in total. The number of amides is 1. The Morgan fingerprint density at radius 1 is 1.32 bits per heavy atom. The Hall–Kier alpha value is -2.28. The second-order valence-electron chi connectivity index (χ2n) is 6.78. The predicted molar refractivity (Wildman–Crippen MR) is 89.9 cm³/mol. The smallest absolute Gasteiger partial charge is 0.271 e. The quantitative estimate of drug-likeness (QED) is 0.903. The Morgan fingerprint density at radius 3 is 2.88 bits per heavy atom. The van der Waals surface area contributed by atoms with Gasteiger partial charge in [-0.3, -0.25) is 9.69 Å². The standard InChI is InChI=1S/C18H22F2N4O/c1-12(2)9-23-5-6-24-10-16(22-17(24)11-23)18(25)21-8-13-7-14(19)3-4-15(13)20/h3-4,7,10,12H,5-6,8-9,11H2,1-2H3,(H,21,25). The molecule has 0 fully saturated rings. The number of halogens is 2. The van der Waals surface area contributed by atoms with E-state index in [4.69, 9.17) is 0 Å². The first kappa shape index (κ1) is 17.5. The van der Waals surface area contributed by atoms with Crippen molar-refractivity contribution in [3.63, 3.8) is 0 Å². The molecule has 5 nitrogen and oxygen atoms in total. The zero-order valence-corrected chi connectivity index (χ0v) is 14.4. The van der Waals surface area contributed by atoms with E-state index in [-0.39, 0.29) is 18.0 Å². The summed E-state index contributed by atoms with van der Waals surface area (Å²) in [5.41, 5.74) is 0.415. The number of carbonyl (C=O) groups excluding carboxylic acids is 1. The number of nitrogens with one attached hydrogen (secondary N) is 1. The van der Waals surface area contributed by atoms with Gasteiger partial charge in [0.15, 0.2) is 0 Å². The van der Waals surface area contributed by atoms with Gasteiger partial charge < -0.3 is 9.88 Å². The van der Waals surface area contributed by atoms with Crippen molar-refractivity contribution in [1.29, 1.82) is 0 Å². The van der Waals surface area contributed by atoms with E-state index in [1.165, 1.54) is 0 Å². The van der Waals surface area contributed by atoms with E-state index in [1.807, 2.05) is 4.57 Å². The van der Waals surface area contributed by atoms with Gasteiger partial charge in [0, 0.05) is 37.9 Å². The summed E-state index contributed by atoms with van der Waals surface area (Å²) in [5, 5.41) is 2.60. The van der Waals surface area contributed by atoms with Gasteiger partial charge in [-0.15, -0.1) is 0 Å². The molecule has 0 aliphatic carbocycles. The van der Waals surface area contributed by atoms with E-state index in [0.717, 1.165) is 43.7 Å². The molecule has 1 aliphatic heterocycles. The number of hydrogen-bond acceptors (Lipinski definition) is 3. The summed E-state index contributed by atoms with van der Waals surface area (Å²) in [6.07, 6.45) is 1.72. The van der Waals surface area contributed by atoms with Crippen LogP contribution in [0.2, 0.25) is 0 Å². The molecule has 0 saturated heterocycles. The lowest BCUT2D eigenvalue weighted by Crippen LogP contribution is -2.35. The van der Waals surface area contributed by atoms with Crippen LogP contribution in [-0.2, 0) is 19.6 Å². The second-order valence-corrected chi connectivity index (χ2v) is 6.78. The summed E-state index contributed by atoms with van der Waals surface area (Å²) in [7, 11) is 0. The van der Waals surface area contributed by atoms with Gasteiger partial charge in [-0.2, -0.15) is 0 Å². The van der Waals surface area contributed by atoms with Crippen LogP contribution in [0.3, 0.4) is 0 Å². The maximum absolute atomic E-state index is 13.6. The van der Waals surface area contributed by atoms with E-state index in [2.05, 4.69) is 29.0 Å². The van der Waals surface area contributed by atoms with Crippen LogP contribution in [0.5, 0.6) is 0 Å². The Kier molecular flexibility index (Phi) is 5.13. The highest BCUT2D eigenvalue weighted by atomic mass is 19.1. The van der Waals surface area contributed by atoms with Crippen molar-refractivity contribution < 1.29 is 13.6 Å². The molecule has 25 heavy (non-hydrogen) atoms. The highest BCUT2D eigenvalue weighted by Crippen LogP contribution is 2.15. The average molecular weight is 348 g/mol. The van der Waals surface area contributed by atoms with E-state index < -0.39 is 11.6 Å². The number of carbonyl (C=O) groups is 1. The molecule has 1 aromatic carbocycles. The number of imidazole rings is 1. The predicted octanol–water partition coefficient (Wildman–Crippen LogP) is 2.56. The number of benzene rings is 1. The summed E-state index contributed by atoms with van der Waals surface area (Å²) in [5.74, 6) is -0.0380. The topological polar surface area (TPSA) is 50.2 Å². The molecule has 0 radical (unpaired) electrons. The first-order valence-corrected chi connectivity index (χ1v) is 8.43. The van der Waals surface area contributed by atoms with Gasteiger partial charge in [-0.1, -0.05) is 13.8 Å². The average Bonchev–Trinajstić information content (AvgIpc) is 2.98. The van der Waals surface area contributed by atoms with Crippen LogP contribution in [0, 0.1) is 17.6 Å². The fourth-order valence-electron chi connectivity index (χ4n) is 3.03. The van der Waals surface area contributed by atoms with E-state index >= 15 is 0 Å². The van der Waals surface area contributed by atoms with Crippen molar-refractivity contribution in [2.24, 2.45) is 5.92 Å². The molecule has 1 aliphatic rings. The molecule has 2 aromatic rings. The van der Waals surface area contributed by atoms with Gasteiger partial charge >= 0.3 is 0 Å². The Bertz CT molecular complexity index is 772. The zero-order valence-electron chi connectivity index (χ0n) is 14.4. The van der Waals surface area contributed by atoms with Gasteiger partial charge in [-0.05, 0) is 24.1 Å². The molecule has 0 unspecified atom stereocenters. The third-order valence-corrected chi connectivity index (χ3v) is 4.18. The second kappa shape index (κ2) is 7.31. The molecule has 1 aromatic heterocycles. The summed E-state index contributed by atoms with van der Waals surface area (Å²) in [6.45, 7) is 7.69. The molecule has 0 saturated carbocycles. The van der Waals surface area contributed by atoms with Crippen molar-refractivity contribution in [3.8, 4) is 0 Å². The lowest BCUT2D eigenvalue weighted by Gasteiger charge is -2.28. The largest absolute Gasteiger partial charge is 0.346 e. The molecule has 0 spiro atoms. The number of fused-ring (bicyclic) bond motifs is 1. The van der Waals surface area contributed by atoms with Gasteiger partial charge in [-0.25, -0.2) is 13.8 Å². The maximum Gasteiger partial charge on any atom is 0.271 e. The Labute approximate surface area is 145 Å². The van der Waals surface area contributed by atoms with Crippen LogP contribution < -0.4 is 5.32 Å². The lowest BCUT2D eigenvalue weighted by molar-refractivity contribution is 0.0945. The Morgan fingerprint density at radius 2 is 2.12 bits per heavy atom. The number of rotatable bonds is 5. The van der Waals surface area contributed by atoms with Crippen molar-refractivity contribution in [1.82, 2.24) is 19.8 Å². The highest BCUT2D eigenvalue weighted by molar-refractivity contribution is 5.92. The molecule has 2 heterocycles. The van der Waals surface area contributed by atoms with Crippen LogP contribution in [-0.4, -0.2) is 33.4 Å². The zero-order chi connectivity index (χ0) is 18.0. The van der Waals surface area contributed by atoms with Crippen molar-refractivity contribution in [3.05, 3.63) is 53.1 Å². The first-order chi connectivity index (χ1) is 11.9. The van der Waals surface area contributed by atoms with Crippen LogP contribution in [0.15, 0.2) is 24.4 Å². The Balaban J connectivity index is 1.64. The molecule has 0 atom stereocenters. The summed E-state index contributed by atoms with van der Waals surface area (Å²) in [4.78, 5) is 19.0. The molecule has 134 valence electrons. The third kappa shape index (κ3) is 4.22. The number of aromatic nitrogens is 2. The van der Waals surface area contributed by atoms with E-state index in [0.29, 0.717) is 18.2 Å². The SMILES string of the molecule is CC(C)CN1CCn2cc(C(=O)NCc3cc(F)ccc3F)nc2C1. The molecule has 3 rings (SSSR count). The van der Waals surface area contributed by atoms with Crippen LogP contribution in [0.4, 0.5) is 8.78 Å². The fraction of sp³-hybridized carbons (Fsp3) is 0.444. The monoisotopic (exact) mass is 348 g/mol.